The molecule has 0 radical (unpaired) electrons. The average Bonchev–Trinajstić information content (AvgIpc) is 3.00. The summed E-state index contributed by atoms with van der Waals surface area (Å²) in [5, 5.41) is 3.18. The number of ether oxygens (including phenoxy) is 2. The lowest BCUT2D eigenvalue weighted by molar-refractivity contribution is -0.274. The Balaban J connectivity index is 2.03. The summed E-state index contributed by atoms with van der Waals surface area (Å²) < 4.78 is 48.5. The number of nitrogens with zero attached hydrogens (tertiary/aromatic N) is 2. The summed E-state index contributed by atoms with van der Waals surface area (Å²) in [6, 6.07) is 7.68. The highest BCUT2D eigenvalue weighted by atomic mass is 35.5. The van der Waals surface area contributed by atoms with Gasteiger partial charge >= 0.3 is 6.36 Å². The molecule has 9 heteroatoms. The zero-order chi connectivity index (χ0) is 22.1. The van der Waals surface area contributed by atoms with Crippen molar-refractivity contribution in [2.24, 2.45) is 7.05 Å². The molecule has 0 unspecified atom stereocenters. The normalized spacial score (nSPS) is 11.9. The fourth-order valence-electron chi connectivity index (χ4n) is 3.57. The number of hydrogen-bond acceptors (Lipinski definition) is 4. The van der Waals surface area contributed by atoms with Crippen molar-refractivity contribution in [3.05, 3.63) is 40.9 Å². The number of alkyl halides is 3. The molecule has 30 heavy (non-hydrogen) atoms. The minimum atomic E-state index is -4.78. The molecule has 2 aromatic carbocycles. The van der Waals surface area contributed by atoms with Gasteiger partial charge < -0.3 is 19.4 Å². The van der Waals surface area contributed by atoms with Crippen LogP contribution < -0.4 is 14.8 Å². The summed E-state index contributed by atoms with van der Waals surface area (Å²) >= 11 is 6.17. The third kappa shape index (κ3) is 4.43. The smallest absolute Gasteiger partial charge is 0.494 e. The summed E-state index contributed by atoms with van der Waals surface area (Å²) in [6.45, 7) is 4.29. The maximum Gasteiger partial charge on any atom is 0.573 e. The first-order valence-electron chi connectivity index (χ1n) is 9.54. The Kier molecular flexibility index (Phi) is 6.36. The summed E-state index contributed by atoms with van der Waals surface area (Å²) in [5.74, 6) is 1.11. The van der Waals surface area contributed by atoms with Crippen molar-refractivity contribution in [2.45, 2.75) is 39.0 Å². The standard InChI is InChI=1S/C21H23ClF3N3O2/c1-5-12(6-2)14-8-10-17(29-4)18-19(14)28(3)20(27-18)26-16-9-7-13(11-15(16)22)30-21(23,24)25/h7-12H,5-6H2,1-4H3,(H,26,27). The summed E-state index contributed by atoms with van der Waals surface area (Å²) in [5.41, 5.74) is 3.23. The van der Waals surface area contributed by atoms with E-state index < -0.39 is 6.36 Å². The SMILES string of the molecule is CCC(CC)c1ccc(OC)c2nc(Nc3ccc(OC(F)(F)F)cc3Cl)n(C)c12. The van der Waals surface area contributed by atoms with Crippen LogP contribution in [0.5, 0.6) is 11.5 Å². The van der Waals surface area contributed by atoms with E-state index in [4.69, 9.17) is 16.3 Å². The van der Waals surface area contributed by atoms with Crippen LogP contribution in [0.4, 0.5) is 24.8 Å². The first-order chi connectivity index (χ1) is 14.2. The minimum Gasteiger partial charge on any atom is -0.494 e. The third-order valence-corrected chi connectivity index (χ3v) is 5.39. The monoisotopic (exact) mass is 441 g/mol. The van der Waals surface area contributed by atoms with Crippen LogP contribution in [0.15, 0.2) is 30.3 Å². The van der Waals surface area contributed by atoms with Crippen LogP contribution in [-0.2, 0) is 7.05 Å². The van der Waals surface area contributed by atoms with Crippen molar-refractivity contribution in [1.82, 2.24) is 9.55 Å². The average molecular weight is 442 g/mol. The zero-order valence-electron chi connectivity index (χ0n) is 17.1. The maximum absolute atomic E-state index is 12.4. The predicted octanol–water partition coefficient (Wildman–Crippen LogP) is 6.78. The van der Waals surface area contributed by atoms with E-state index in [2.05, 4.69) is 35.0 Å². The quantitative estimate of drug-likeness (QED) is 0.439. The van der Waals surface area contributed by atoms with Gasteiger partial charge in [0.25, 0.3) is 0 Å². The van der Waals surface area contributed by atoms with Gasteiger partial charge in [0.15, 0.2) is 0 Å². The Morgan fingerprint density at radius 2 is 1.87 bits per heavy atom. The number of aromatic nitrogens is 2. The molecule has 0 bridgehead atoms. The van der Waals surface area contributed by atoms with Crippen LogP contribution in [0.3, 0.4) is 0 Å². The van der Waals surface area contributed by atoms with Crippen molar-refractivity contribution < 1.29 is 22.6 Å². The van der Waals surface area contributed by atoms with Gasteiger partial charge in [0.05, 0.1) is 23.3 Å². The molecule has 0 aliphatic heterocycles. The summed E-state index contributed by atoms with van der Waals surface area (Å²) in [6.07, 6.45) is -2.81. The van der Waals surface area contributed by atoms with E-state index in [0.29, 0.717) is 28.8 Å². The van der Waals surface area contributed by atoms with Gasteiger partial charge in [-0.25, -0.2) is 4.98 Å². The van der Waals surface area contributed by atoms with E-state index >= 15 is 0 Å². The topological polar surface area (TPSA) is 48.3 Å². The third-order valence-electron chi connectivity index (χ3n) is 5.08. The number of nitrogens with one attached hydrogen (secondary N) is 1. The van der Waals surface area contributed by atoms with Gasteiger partial charge in [-0.1, -0.05) is 31.5 Å². The lowest BCUT2D eigenvalue weighted by atomic mass is 9.92. The number of imidazole rings is 1. The molecule has 0 aliphatic rings. The van der Waals surface area contributed by atoms with Crippen molar-refractivity contribution in [3.8, 4) is 11.5 Å². The fraction of sp³-hybridized carbons (Fsp3) is 0.381. The molecule has 0 amide bonds. The van der Waals surface area contributed by atoms with Crippen LogP contribution in [0.1, 0.15) is 38.2 Å². The molecule has 3 rings (SSSR count). The number of aryl methyl sites for hydroxylation is 1. The molecular formula is C21H23ClF3N3O2. The fourth-order valence-corrected chi connectivity index (χ4v) is 3.79. The second kappa shape index (κ2) is 8.63. The number of halogens is 4. The number of anilines is 2. The Morgan fingerprint density at radius 1 is 1.17 bits per heavy atom. The molecule has 1 N–H and O–H groups in total. The van der Waals surface area contributed by atoms with Crippen molar-refractivity contribution in [2.75, 3.05) is 12.4 Å². The number of benzene rings is 2. The molecule has 0 saturated carbocycles. The van der Waals surface area contributed by atoms with Crippen LogP contribution >= 0.6 is 11.6 Å². The number of hydrogen-bond donors (Lipinski definition) is 1. The van der Waals surface area contributed by atoms with Gasteiger partial charge in [0, 0.05) is 13.1 Å². The Bertz CT molecular complexity index is 1050. The lowest BCUT2D eigenvalue weighted by Crippen LogP contribution is -2.17. The molecule has 3 aromatic rings. The van der Waals surface area contributed by atoms with Gasteiger partial charge in [0.1, 0.15) is 17.0 Å². The lowest BCUT2D eigenvalue weighted by Gasteiger charge is -2.16. The molecule has 162 valence electrons. The van der Waals surface area contributed by atoms with Gasteiger partial charge in [-0.15, -0.1) is 13.2 Å². The number of fused-ring (bicyclic) bond motifs is 1. The molecule has 1 heterocycles. The Labute approximate surface area is 177 Å². The van der Waals surface area contributed by atoms with Crippen molar-refractivity contribution in [1.29, 1.82) is 0 Å². The number of rotatable bonds is 7. The first kappa shape index (κ1) is 22.1. The second-order valence-corrected chi connectivity index (χ2v) is 7.28. The number of methoxy groups -OCH3 is 1. The highest BCUT2D eigenvalue weighted by molar-refractivity contribution is 6.33. The second-order valence-electron chi connectivity index (χ2n) is 6.88. The van der Waals surface area contributed by atoms with Crippen LogP contribution in [0.25, 0.3) is 11.0 Å². The van der Waals surface area contributed by atoms with Crippen molar-refractivity contribution >= 4 is 34.3 Å². The summed E-state index contributed by atoms with van der Waals surface area (Å²) in [4.78, 5) is 4.67. The highest BCUT2D eigenvalue weighted by Crippen LogP contribution is 2.38. The van der Waals surface area contributed by atoms with Gasteiger partial charge in [0.2, 0.25) is 5.95 Å². The Morgan fingerprint density at radius 3 is 2.43 bits per heavy atom. The van der Waals surface area contributed by atoms with E-state index in [1.165, 1.54) is 17.7 Å². The van der Waals surface area contributed by atoms with Crippen LogP contribution in [0.2, 0.25) is 5.02 Å². The molecule has 5 nitrogen and oxygen atoms in total. The van der Waals surface area contributed by atoms with E-state index in [-0.39, 0.29) is 10.8 Å². The molecule has 0 spiro atoms. The highest BCUT2D eigenvalue weighted by Gasteiger charge is 2.31. The molecule has 0 aliphatic carbocycles. The van der Waals surface area contributed by atoms with Gasteiger partial charge in [-0.3, -0.25) is 0 Å². The molecule has 0 atom stereocenters. The minimum absolute atomic E-state index is 0.0796. The van der Waals surface area contributed by atoms with Crippen molar-refractivity contribution in [3.63, 3.8) is 0 Å². The molecular weight excluding hydrogens is 419 g/mol. The molecule has 1 aromatic heterocycles. The zero-order valence-corrected chi connectivity index (χ0v) is 17.9. The van der Waals surface area contributed by atoms with E-state index in [1.807, 2.05) is 17.7 Å². The maximum atomic E-state index is 12.4. The predicted molar refractivity (Wildman–Crippen MR) is 112 cm³/mol. The van der Waals surface area contributed by atoms with Crippen LogP contribution in [-0.4, -0.2) is 23.0 Å². The van der Waals surface area contributed by atoms with Gasteiger partial charge in [-0.2, -0.15) is 0 Å². The van der Waals surface area contributed by atoms with Crippen LogP contribution in [0, 0.1) is 0 Å². The Hall–Kier alpha value is -2.61. The largest absolute Gasteiger partial charge is 0.573 e. The van der Waals surface area contributed by atoms with E-state index in [1.54, 1.807) is 7.11 Å². The first-order valence-corrected chi connectivity index (χ1v) is 9.91. The van der Waals surface area contributed by atoms with E-state index in [9.17, 15) is 13.2 Å². The summed E-state index contributed by atoms with van der Waals surface area (Å²) in [7, 11) is 3.46. The molecule has 0 saturated heterocycles. The van der Waals surface area contributed by atoms with Gasteiger partial charge in [-0.05, 0) is 42.5 Å². The molecule has 0 fully saturated rings. The van der Waals surface area contributed by atoms with E-state index in [0.717, 1.165) is 24.4 Å².